The minimum absolute atomic E-state index is 0.138. The highest BCUT2D eigenvalue weighted by Crippen LogP contribution is 2.28. The summed E-state index contributed by atoms with van der Waals surface area (Å²) in [5.41, 5.74) is 0. The van der Waals surface area contributed by atoms with Crippen molar-refractivity contribution in [1.82, 2.24) is 0 Å². The lowest BCUT2D eigenvalue weighted by atomic mass is 10.0. The molecule has 0 fully saturated rings. The Hall–Kier alpha value is 0.1000. The number of hydrogen-bond donors (Lipinski definition) is 0. The fourth-order valence-corrected chi connectivity index (χ4v) is 4.07. The van der Waals surface area contributed by atoms with Gasteiger partial charge in [0.05, 0.1) is 25.0 Å². The third kappa shape index (κ3) is 15.0. The number of methoxy groups -OCH3 is 2. The SMILES string of the molecule is COC(=O)CCCCCCCC(Cl)C(Cl)CC(Cl)C(Cl)CCCCC(=O)OC. The van der Waals surface area contributed by atoms with E-state index < -0.39 is 0 Å². The van der Waals surface area contributed by atoms with Gasteiger partial charge in [-0.2, -0.15) is 0 Å². The lowest BCUT2D eigenvalue weighted by Crippen LogP contribution is -2.24. The summed E-state index contributed by atoms with van der Waals surface area (Å²) >= 11 is 25.6. The van der Waals surface area contributed by atoms with E-state index in [-0.39, 0.29) is 33.4 Å². The molecule has 0 aliphatic carbocycles. The van der Waals surface area contributed by atoms with E-state index in [4.69, 9.17) is 46.4 Å². The first-order chi connectivity index (χ1) is 13.3. The van der Waals surface area contributed by atoms with E-state index in [0.717, 1.165) is 57.8 Å². The van der Waals surface area contributed by atoms with Crippen molar-refractivity contribution in [2.45, 2.75) is 98.6 Å². The van der Waals surface area contributed by atoms with Crippen molar-refractivity contribution < 1.29 is 19.1 Å². The average molecular weight is 480 g/mol. The van der Waals surface area contributed by atoms with Crippen molar-refractivity contribution in [2.75, 3.05) is 14.2 Å². The summed E-state index contributed by atoms with van der Waals surface area (Å²) in [6.45, 7) is 0. The van der Waals surface area contributed by atoms with E-state index in [0.29, 0.717) is 19.3 Å². The smallest absolute Gasteiger partial charge is 0.305 e. The third-order valence-corrected chi connectivity index (χ3v) is 6.93. The molecule has 4 unspecified atom stereocenters. The van der Waals surface area contributed by atoms with Gasteiger partial charge < -0.3 is 9.47 Å². The Kier molecular flexibility index (Phi) is 18.0. The molecule has 0 aromatic rings. The lowest BCUT2D eigenvalue weighted by molar-refractivity contribution is -0.141. The van der Waals surface area contributed by atoms with Crippen LogP contribution in [0.25, 0.3) is 0 Å². The van der Waals surface area contributed by atoms with Gasteiger partial charge in [0.1, 0.15) is 0 Å². The van der Waals surface area contributed by atoms with E-state index in [9.17, 15) is 9.59 Å². The molecule has 4 nitrogen and oxygen atoms in total. The Morgan fingerprint density at radius 1 is 0.607 bits per heavy atom. The van der Waals surface area contributed by atoms with Gasteiger partial charge in [0.15, 0.2) is 0 Å². The van der Waals surface area contributed by atoms with Crippen LogP contribution < -0.4 is 0 Å². The molecule has 0 amide bonds. The molecule has 0 aliphatic heterocycles. The summed E-state index contributed by atoms with van der Waals surface area (Å²) in [4.78, 5) is 22.1. The topological polar surface area (TPSA) is 52.6 Å². The zero-order valence-electron chi connectivity index (χ0n) is 16.9. The molecular weight excluding hydrogens is 446 g/mol. The van der Waals surface area contributed by atoms with Gasteiger partial charge in [0.25, 0.3) is 0 Å². The first kappa shape index (κ1) is 28.1. The van der Waals surface area contributed by atoms with Gasteiger partial charge >= 0.3 is 11.9 Å². The van der Waals surface area contributed by atoms with E-state index in [1.807, 2.05) is 0 Å². The van der Waals surface area contributed by atoms with Crippen LogP contribution in [-0.4, -0.2) is 47.7 Å². The summed E-state index contributed by atoms with van der Waals surface area (Å²) < 4.78 is 9.22. The van der Waals surface area contributed by atoms with Crippen LogP contribution in [0.5, 0.6) is 0 Å². The highest BCUT2D eigenvalue weighted by Gasteiger charge is 2.24. The summed E-state index contributed by atoms with van der Waals surface area (Å²) in [6.07, 6.45) is 9.58. The zero-order chi connectivity index (χ0) is 21.4. The van der Waals surface area contributed by atoms with Gasteiger partial charge in [-0.1, -0.05) is 32.1 Å². The normalized spacial score (nSPS) is 15.5. The Morgan fingerprint density at radius 3 is 1.43 bits per heavy atom. The maximum absolute atomic E-state index is 11.1. The minimum Gasteiger partial charge on any atom is -0.469 e. The van der Waals surface area contributed by atoms with Crippen LogP contribution in [0.3, 0.4) is 0 Å². The number of ether oxygens (including phenoxy) is 2. The summed E-state index contributed by atoms with van der Waals surface area (Å²) in [7, 11) is 2.80. The summed E-state index contributed by atoms with van der Waals surface area (Å²) in [6, 6.07) is 0. The van der Waals surface area contributed by atoms with E-state index in [1.165, 1.54) is 14.2 Å². The van der Waals surface area contributed by atoms with Gasteiger partial charge in [-0.15, -0.1) is 46.4 Å². The minimum atomic E-state index is -0.248. The second-order valence-corrected chi connectivity index (χ2v) is 9.25. The predicted octanol–water partition coefficient (Wildman–Crippen LogP) is 6.44. The first-order valence-corrected chi connectivity index (χ1v) is 11.8. The molecule has 0 radical (unpaired) electrons. The molecule has 8 heteroatoms. The van der Waals surface area contributed by atoms with E-state index in [1.54, 1.807) is 0 Å². The van der Waals surface area contributed by atoms with Crippen molar-refractivity contribution >= 4 is 58.3 Å². The van der Waals surface area contributed by atoms with Gasteiger partial charge in [0, 0.05) is 23.6 Å². The van der Waals surface area contributed by atoms with Gasteiger partial charge in [-0.05, 0) is 32.1 Å². The molecule has 0 aromatic heterocycles. The van der Waals surface area contributed by atoms with Gasteiger partial charge in [-0.25, -0.2) is 0 Å². The fraction of sp³-hybridized carbons (Fsp3) is 0.900. The molecule has 0 bridgehead atoms. The second kappa shape index (κ2) is 17.9. The van der Waals surface area contributed by atoms with Crippen LogP contribution in [0, 0.1) is 0 Å². The number of carbonyl (C=O) groups excluding carboxylic acids is 2. The number of esters is 2. The summed E-state index contributed by atoms with van der Waals surface area (Å²) in [5.74, 6) is -0.356. The number of halogens is 4. The fourth-order valence-electron chi connectivity index (χ4n) is 2.82. The molecule has 0 N–H and O–H groups in total. The number of carbonyl (C=O) groups is 2. The van der Waals surface area contributed by atoms with Crippen molar-refractivity contribution in [2.24, 2.45) is 0 Å². The molecular formula is C20H34Cl4O4. The highest BCUT2D eigenvalue weighted by molar-refractivity contribution is 6.32. The maximum Gasteiger partial charge on any atom is 0.305 e. The average Bonchev–Trinajstić information content (AvgIpc) is 2.69. The molecule has 0 spiro atoms. The number of unbranched alkanes of at least 4 members (excludes halogenated alkanes) is 5. The molecule has 166 valence electrons. The Balaban J connectivity index is 3.80. The molecule has 0 saturated heterocycles. The largest absolute Gasteiger partial charge is 0.469 e. The van der Waals surface area contributed by atoms with Gasteiger partial charge in [-0.3, -0.25) is 9.59 Å². The number of hydrogen-bond acceptors (Lipinski definition) is 4. The van der Waals surface area contributed by atoms with E-state index in [2.05, 4.69) is 9.47 Å². The highest BCUT2D eigenvalue weighted by atomic mass is 35.5. The van der Waals surface area contributed by atoms with Crippen LogP contribution >= 0.6 is 46.4 Å². The standard InChI is InChI=1S/C20H34Cl4O4/c1-27-19(25)12-7-5-3-4-6-10-15(21)17(23)14-18(24)16(22)11-8-9-13-20(26)28-2/h15-18H,3-14H2,1-2H3. The zero-order valence-corrected chi connectivity index (χ0v) is 20.0. The van der Waals surface area contributed by atoms with Crippen molar-refractivity contribution in [3.8, 4) is 0 Å². The summed E-state index contributed by atoms with van der Waals surface area (Å²) in [5, 5.41) is -0.804. The molecule has 28 heavy (non-hydrogen) atoms. The van der Waals surface area contributed by atoms with Crippen molar-refractivity contribution in [3.63, 3.8) is 0 Å². The third-order valence-electron chi connectivity index (χ3n) is 4.66. The lowest BCUT2D eigenvalue weighted by Gasteiger charge is -2.22. The molecule has 4 atom stereocenters. The van der Waals surface area contributed by atoms with Crippen LogP contribution in [0.15, 0.2) is 0 Å². The molecule has 0 rings (SSSR count). The van der Waals surface area contributed by atoms with Crippen LogP contribution in [0.2, 0.25) is 0 Å². The van der Waals surface area contributed by atoms with Crippen LogP contribution in [0.4, 0.5) is 0 Å². The maximum atomic E-state index is 11.1. The molecule has 0 heterocycles. The van der Waals surface area contributed by atoms with Crippen LogP contribution in [0.1, 0.15) is 77.0 Å². The molecule has 0 aromatic carbocycles. The predicted molar refractivity (Wildman–Crippen MR) is 118 cm³/mol. The Morgan fingerprint density at radius 2 is 0.964 bits per heavy atom. The van der Waals surface area contributed by atoms with Crippen molar-refractivity contribution in [3.05, 3.63) is 0 Å². The van der Waals surface area contributed by atoms with Crippen molar-refractivity contribution in [1.29, 1.82) is 0 Å². The quantitative estimate of drug-likeness (QED) is 0.137. The number of rotatable bonds is 17. The van der Waals surface area contributed by atoms with Gasteiger partial charge in [0.2, 0.25) is 0 Å². The Labute approximate surface area is 189 Å². The number of alkyl halides is 4. The van der Waals surface area contributed by atoms with Crippen LogP contribution in [-0.2, 0) is 19.1 Å². The molecule has 0 aliphatic rings. The second-order valence-electron chi connectivity index (χ2n) is 7.00. The monoisotopic (exact) mass is 478 g/mol. The first-order valence-electron chi connectivity index (χ1n) is 10.0. The van der Waals surface area contributed by atoms with E-state index >= 15 is 0 Å². The Bertz CT molecular complexity index is 423. The molecule has 0 saturated carbocycles.